The van der Waals surface area contributed by atoms with Crippen LogP contribution in [0.25, 0.3) is 0 Å². The second kappa shape index (κ2) is 3.77. The number of carboxylic acids is 1. The largest absolute Gasteiger partial charge is 0.478 e. The van der Waals surface area contributed by atoms with Gasteiger partial charge in [-0.25, -0.2) is 14.8 Å². The molecule has 12 heavy (non-hydrogen) atoms. The van der Waals surface area contributed by atoms with E-state index < -0.39 is 5.97 Å². The lowest BCUT2D eigenvalue weighted by Gasteiger charge is -2.04. The van der Waals surface area contributed by atoms with Gasteiger partial charge in [-0.05, 0) is 6.08 Å². The molecule has 5 nitrogen and oxygen atoms in total. The number of hydrogen-bond acceptors (Lipinski definition) is 3. The topological polar surface area (TPSA) is 82.2 Å². The van der Waals surface area contributed by atoms with Crippen LogP contribution in [0.1, 0.15) is 6.42 Å². The van der Waals surface area contributed by atoms with E-state index in [1.807, 2.05) is 0 Å². The summed E-state index contributed by atoms with van der Waals surface area (Å²) in [4.78, 5) is 17.8. The Hall–Kier alpha value is -1.49. The monoisotopic (exact) mass is 168 g/mol. The first-order valence-electron chi connectivity index (χ1n) is 3.34. The third kappa shape index (κ3) is 2.00. The van der Waals surface area contributed by atoms with Gasteiger partial charge < -0.3 is 10.2 Å². The molecule has 0 aliphatic carbocycles. The highest BCUT2D eigenvalue weighted by Gasteiger charge is 2.12. The standard InChI is InChI=1S/C7H8N2O3/c10-4-9-6-3-5(7(11)12)1-2-8-6/h1-2,10H,3-4H2,(H,11,12). The number of nitrogens with zero attached hydrogens (tertiary/aromatic N) is 2. The van der Waals surface area contributed by atoms with Crippen molar-refractivity contribution in [2.45, 2.75) is 6.42 Å². The number of carboxylic acid groups (broad SMARTS) is 1. The minimum atomic E-state index is -0.980. The number of carbonyl (C=O) groups is 1. The van der Waals surface area contributed by atoms with E-state index in [-0.39, 0.29) is 18.7 Å². The van der Waals surface area contributed by atoms with E-state index in [4.69, 9.17) is 10.2 Å². The fourth-order valence-electron chi connectivity index (χ4n) is 0.813. The Labute approximate surface area is 68.8 Å². The highest BCUT2D eigenvalue weighted by molar-refractivity contribution is 6.05. The SMILES string of the molecule is O=C(O)C1=CC=NC(=NCO)C1. The Balaban J connectivity index is 2.74. The van der Waals surface area contributed by atoms with Gasteiger partial charge in [0.05, 0.1) is 0 Å². The van der Waals surface area contributed by atoms with Gasteiger partial charge in [-0.15, -0.1) is 0 Å². The van der Waals surface area contributed by atoms with E-state index in [2.05, 4.69) is 9.98 Å². The normalized spacial score (nSPS) is 19.4. The van der Waals surface area contributed by atoms with Crippen molar-refractivity contribution in [1.82, 2.24) is 0 Å². The Morgan fingerprint density at radius 3 is 3.08 bits per heavy atom. The molecule has 1 rings (SSSR count). The predicted octanol–water partition coefficient (Wildman–Crippen LogP) is -0.180. The molecule has 1 heterocycles. The van der Waals surface area contributed by atoms with Crippen LogP contribution < -0.4 is 0 Å². The molecule has 5 heteroatoms. The summed E-state index contributed by atoms with van der Waals surface area (Å²) in [7, 11) is 0. The number of aliphatic carboxylic acids is 1. The molecule has 0 radical (unpaired) electrons. The fraction of sp³-hybridized carbons (Fsp3) is 0.286. The molecule has 0 aromatic rings. The second-order valence-corrected chi connectivity index (χ2v) is 2.17. The summed E-state index contributed by atoms with van der Waals surface area (Å²) in [5.74, 6) is -0.635. The van der Waals surface area contributed by atoms with Crippen molar-refractivity contribution in [1.29, 1.82) is 0 Å². The van der Waals surface area contributed by atoms with Crippen molar-refractivity contribution in [3.05, 3.63) is 11.6 Å². The first-order chi connectivity index (χ1) is 5.74. The smallest absolute Gasteiger partial charge is 0.332 e. The number of aliphatic hydroxyl groups excluding tert-OH is 1. The lowest BCUT2D eigenvalue weighted by molar-refractivity contribution is -0.132. The third-order valence-electron chi connectivity index (χ3n) is 1.38. The van der Waals surface area contributed by atoms with Gasteiger partial charge >= 0.3 is 5.97 Å². The van der Waals surface area contributed by atoms with Crippen molar-refractivity contribution in [2.75, 3.05) is 6.73 Å². The molecular formula is C7H8N2O3. The van der Waals surface area contributed by atoms with Gasteiger partial charge in [-0.1, -0.05) is 0 Å². The lowest BCUT2D eigenvalue weighted by atomic mass is 10.1. The van der Waals surface area contributed by atoms with Crippen molar-refractivity contribution in [3.8, 4) is 0 Å². The summed E-state index contributed by atoms with van der Waals surface area (Å²) in [6, 6.07) is 0. The molecule has 0 aromatic heterocycles. The van der Waals surface area contributed by atoms with Crippen molar-refractivity contribution in [2.24, 2.45) is 9.98 Å². The van der Waals surface area contributed by atoms with Gasteiger partial charge in [0.1, 0.15) is 12.6 Å². The van der Waals surface area contributed by atoms with E-state index in [1.54, 1.807) is 0 Å². The zero-order valence-electron chi connectivity index (χ0n) is 6.27. The molecule has 0 atom stereocenters. The zero-order valence-corrected chi connectivity index (χ0v) is 6.27. The first kappa shape index (κ1) is 8.61. The number of rotatable bonds is 2. The van der Waals surface area contributed by atoms with Crippen molar-refractivity contribution < 1.29 is 15.0 Å². The van der Waals surface area contributed by atoms with Crippen LogP contribution in [0.3, 0.4) is 0 Å². The van der Waals surface area contributed by atoms with Crippen LogP contribution in [0.4, 0.5) is 0 Å². The van der Waals surface area contributed by atoms with Crippen LogP contribution in [0.15, 0.2) is 21.6 Å². The number of aliphatic hydroxyl groups is 1. The Morgan fingerprint density at radius 1 is 1.75 bits per heavy atom. The number of aliphatic imine (C=N–C) groups is 2. The van der Waals surface area contributed by atoms with Crippen LogP contribution in [0.5, 0.6) is 0 Å². The average molecular weight is 168 g/mol. The molecular weight excluding hydrogens is 160 g/mol. The minimum absolute atomic E-state index is 0.173. The van der Waals surface area contributed by atoms with Gasteiger partial charge in [0.25, 0.3) is 0 Å². The molecule has 0 unspecified atom stereocenters. The lowest BCUT2D eigenvalue weighted by Crippen LogP contribution is -2.10. The fourth-order valence-corrected chi connectivity index (χ4v) is 0.813. The van der Waals surface area contributed by atoms with Crippen LogP contribution in [0.2, 0.25) is 0 Å². The third-order valence-corrected chi connectivity index (χ3v) is 1.38. The maximum Gasteiger partial charge on any atom is 0.332 e. The molecule has 0 bridgehead atoms. The van der Waals surface area contributed by atoms with E-state index in [0.29, 0.717) is 5.84 Å². The summed E-state index contributed by atoms with van der Waals surface area (Å²) in [6.07, 6.45) is 2.95. The van der Waals surface area contributed by atoms with Gasteiger partial charge in [0.2, 0.25) is 0 Å². The van der Waals surface area contributed by atoms with E-state index in [9.17, 15) is 4.79 Å². The van der Waals surface area contributed by atoms with Crippen molar-refractivity contribution in [3.63, 3.8) is 0 Å². The molecule has 0 amide bonds. The van der Waals surface area contributed by atoms with Crippen molar-refractivity contribution >= 4 is 18.0 Å². The molecule has 0 aromatic carbocycles. The Bertz CT molecular complexity index is 278. The maximum atomic E-state index is 10.5. The summed E-state index contributed by atoms with van der Waals surface area (Å²) >= 11 is 0. The van der Waals surface area contributed by atoms with Gasteiger partial charge in [0, 0.05) is 18.2 Å². The highest BCUT2D eigenvalue weighted by Crippen LogP contribution is 2.07. The molecule has 64 valence electrons. The van der Waals surface area contributed by atoms with E-state index >= 15 is 0 Å². The minimum Gasteiger partial charge on any atom is -0.478 e. The molecule has 0 saturated carbocycles. The van der Waals surface area contributed by atoms with Gasteiger partial charge in [-0.3, -0.25) is 0 Å². The van der Waals surface area contributed by atoms with E-state index in [1.165, 1.54) is 12.3 Å². The summed E-state index contributed by atoms with van der Waals surface area (Å²) < 4.78 is 0. The summed E-state index contributed by atoms with van der Waals surface area (Å²) in [5.41, 5.74) is 0.234. The molecule has 0 fully saturated rings. The van der Waals surface area contributed by atoms with Crippen LogP contribution in [0, 0.1) is 0 Å². The summed E-state index contributed by atoms with van der Waals surface area (Å²) in [6.45, 7) is -0.362. The van der Waals surface area contributed by atoms with Crippen LogP contribution in [-0.2, 0) is 4.79 Å². The summed E-state index contributed by atoms with van der Waals surface area (Å²) in [5, 5.41) is 17.0. The average Bonchev–Trinajstić information content (AvgIpc) is 2.05. The molecule has 0 spiro atoms. The van der Waals surface area contributed by atoms with Gasteiger partial charge in [0.15, 0.2) is 0 Å². The number of amidine groups is 1. The Kier molecular flexibility index (Phi) is 2.71. The van der Waals surface area contributed by atoms with Crippen LogP contribution >= 0.6 is 0 Å². The zero-order chi connectivity index (χ0) is 8.97. The Morgan fingerprint density at radius 2 is 2.50 bits per heavy atom. The quantitative estimate of drug-likeness (QED) is 0.600. The second-order valence-electron chi connectivity index (χ2n) is 2.17. The first-order valence-corrected chi connectivity index (χ1v) is 3.34. The highest BCUT2D eigenvalue weighted by atomic mass is 16.4. The van der Waals surface area contributed by atoms with Gasteiger partial charge in [-0.2, -0.15) is 0 Å². The maximum absolute atomic E-state index is 10.5. The molecule has 2 N–H and O–H groups in total. The number of hydrogen-bond donors (Lipinski definition) is 2. The molecule has 0 saturated heterocycles. The van der Waals surface area contributed by atoms with Crippen LogP contribution in [-0.4, -0.2) is 35.0 Å². The predicted molar refractivity (Wildman–Crippen MR) is 43.3 cm³/mol. The number of dihydropyridines is 1. The van der Waals surface area contributed by atoms with E-state index in [0.717, 1.165) is 0 Å². The number of allylic oxidation sites excluding steroid dienone is 1. The molecule has 1 aliphatic heterocycles. The molecule has 1 aliphatic rings.